The molecule has 1 aliphatic carbocycles. The molecule has 0 heteroatoms. The van der Waals surface area contributed by atoms with Crippen LogP contribution in [0.3, 0.4) is 0 Å². The van der Waals surface area contributed by atoms with Crippen molar-refractivity contribution in [2.45, 2.75) is 47.0 Å². The number of hydrogen-bond donors (Lipinski definition) is 0. The molecule has 0 aromatic rings. The molecular weight excluding hydrogens is 156 g/mol. The van der Waals surface area contributed by atoms with Crippen molar-refractivity contribution < 1.29 is 0 Å². The fourth-order valence-corrected chi connectivity index (χ4v) is 2.61. The molecule has 76 valence electrons. The first kappa shape index (κ1) is 10.8. The van der Waals surface area contributed by atoms with Gasteiger partial charge in [0.05, 0.1) is 0 Å². The molecule has 0 aromatic heterocycles. The Balaban J connectivity index is 2.44. The van der Waals surface area contributed by atoms with Crippen molar-refractivity contribution in [3.05, 3.63) is 12.7 Å². The van der Waals surface area contributed by atoms with Gasteiger partial charge in [-0.1, -0.05) is 33.8 Å². The molecule has 1 rings (SSSR count). The molecule has 0 saturated heterocycles. The maximum absolute atomic E-state index is 3.91. The van der Waals surface area contributed by atoms with Crippen LogP contribution in [-0.2, 0) is 0 Å². The quantitative estimate of drug-likeness (QED) is 0.569. The molecule has 0 aliphatic heterocycles. The van der Waals surface area contributed by atoms with E-state index >= 15 is 0 Å². The molecule has 13 heavy (non-hydrogen) atoms. The highest BCUT2D eigenvalue weighted by molar-refractivity contribution is 4.91. The van der Waals surface area contributed by atoms with E-state index in [1.807, 2.05) is 0 Å². The molecule has 0 N–H and O–H groups in total. The molecule has 0 bridgehead atoms. The second-order valence-corrected chi connectivity index (χ2v) is 5.69. The predicted octanol–water partition coefficient (Wildman–Crippen LogP) is 4.27. The number of allylic oxidation sites excluding steroid dienone is 1. The monoisotopic (exact) mass is 180 g/mol. The smallest absolute Gasteiger partial charge is 0.0175 e. The Bertz CT molecular complexity index is 168. The lowest BCUT2D eigenvalue weighted by Crippen LogP contribution is -2.12. The highest BCUT2D eigenvalue weighted by Crippen LogP contribution is 2.41. The van der Waals surface area contributed by atoms with Gasteiger partial charge in [0.2, 0.25) is 0 Å². The molecule has 1 aliphatic rings. The van der Waals surface area contributed by atoms with Gasteiger partial charge in [-0.05, 0) is 42.4 Å². The zero-order valence-corrected chi connectivity index (χ0v) is 9.64. The summed E-state index contributed by atoms with van der Waals surface area (Å²) < 4.78 is 0. The van der Waals surface area contributed by atoms with Crippen molar-refractivity contribution in [3.63, 3.8) is 0 Å². The molecule has 0 aromatic carbocycles. The van der Waals surface area contributed by atoms with Gasteiger partial charge in [0, 0.05) is 0 Å². The fourth-order valence-electron chi connectivity index (χ4n) is 2.61. The van der Waals surface area contributed by atoms with Crippen molar-refractivity contribution in [2.75, 3.05) is 0 Å². The maximum atomic E-state index is 3.91. The molecule has 0 amide bonds. The lowest BCUT2D eigenvalue weighted by Gasteiger charge is -2.23. The van der Waals surface area contributed by atoms with Crippen LogP contribution in [0.1, 0.15) is 47.0 Å². The molecule has 1 fully saturated rings. The standard InChI is InChI=1S/C13H24/c1-6-13(4,5)9-12-7-10(2)11(3)8-12/h6,10-12H,1,7-9H2,2-5H3. The highest BCUT2D eigenvalue weighted by Gasteiger charge is 2.31. The SMILES string of the molecule is C=CC(C)(C)CC1CC(C)C(C)C1. The lowest BCUT2D eigenvalue weighted by molar-refractivity contribution is 0.329. The molecule has 2 unspecified atom stereocenters. The Hall–Kier alpha value is -0.260. The Morgan fingerprint density at radius 1 is 1.23 bits per heavy atom. The molecule has 0 heterocycles. The van der Waals surface area contributed by atoms with Crippen LogP contribution in [-0.4, -0.2) is 0 Å². The third-order valence-electron chi connectivity index (χ3n) is 3.75. The Labute approximate surface area is 83.4 Å². The van der Waals surface area contributed by atoms with Crippen molar-refractivity contribution in [3.8, 4) is 0 Å². The van der Waals surface area contributed by atoms with E-state index in [-0.39, 0.29) is 0 Å². The molecular formula is C13H24. The summed E-state index contributed by atoms with van der Waals surface area (Å²) in [5.41, 5.74) is 0.342. The number of hydrogen-bond acceptors (Lipinski definition) is 0. The van der Waals surface area contributed by atoms with Crippen LogP contribution in [0.5, 0.6) is 0 Å². The van der Waals surface area contributed by atoms with Crippen molar-refractivity contribution >= 4 is 0 Å². The van der Waals surface area contributed by atoms with Crippen LogP contribution in [0.15, 0.2) is 12.7 Å². The highest BCUT2D eigenvalue weighted by atomic mass is 14.4. The van der Waals surface area contributed by atoms with Crippen molar-refractivity contribution in [1.82, 2.24) is 0 Å². The Morgan fingerprint density at radius 2 is 1.69 bits per heavy atom. The third-order valence-corrected chi connectivity index (χ3v) is 3.75. The molecule has 2 atom stereocenters. The molecule has 1 saturated carbocycles. The van der Waals surface area contributed by atoms with Crippen molar-refractivity contribution in [1.29, 1.82) is 0 Å². The normalized spacial score (nSPS) is 34.9. The number of rotatable bonds is 3. The topological polar surface area (TPSA) is 0 Å². The van der Waals surface area contributed by atoms with Gasteiger partial charge >= 0.3 is 0 Å². The first-order valence-electron chi connectivity index (χ1n) is 5.58. The van der Waals surface area contributed by atoms with E-state index in [1.54, 1.807) is 0 Å². The second kappa shape index (κ2) is 3.86. The van der Waals surface area contributed by atoms with Crippen LogP contribution in [0.25, 0.3) is 0 Å². The van der Waals surface area contributed by atoms with Gasteiger partial charge in [0.25, 0.3) is 0 Å². The second-order valence-electron chi connectivity index (χ2n) is 5.69. The van der Waals surface area contributed by atoms with Gasteiger partial charge in [0.1, 0.15) is 0 Å². The van der Waals surface area contributed by atoms with E-state index in [9.17, 15) is 0 Å². The van der Waals surface area contributed by atoms with Crippen LogP contribution in [0.2, 0.25) is 0 Å². The minimum atomic E-state index is 0.342. The first-order chi connectivity index (χ1) is 5.94. The predicted molar refractivity (Wildman–Crippen MR) is 59.6 cm³/mol. The summed E-state index contributed by atoms with van der Waals surface area (Å²) >= 11 is 0. The molecule has 0 nitrogen and oxygen atoms in total. The minimum absolute atomic E-state index is 0.342. The van der Waals surface area contributed by atoms with Crippen LogP contribution in [0, 0.1) is 23.2 Å². The van der Waals surface area contributed by atoms with Gasteiger partial charge in [-0.15, -0.1) is 6.58 Å². The average molecular weight is 180 g/mol. The van der Waals surface area contributed by atoms with E-state index in [0.29, 0.717) is 5.41 Å². The van der Waals surface area contributed by atoms with E-state index < -0.39 is 0 Å². The van der Waals surface area contributed by atoms with E-state index in [2.05, 4.69) is 40.3 Å². The Morgan fingerprint density at radius 3 is 2.08 bits per heavy atom. The molecule has 0 radical (unpaired) electrons. The lowest BCUT2D eigenvalue weighted by atomic mass is 9.82. The van der Waals surface area contributed by atoms with E-state index in [4.69, 9.17) is 0 Å². The van der Waals surface area contributed by atoms with Gasteiger partial charge < -0.3 is 0 Å². The van der Waals surface area contributed by atoms with E-state index in [0.717, 1.165) is 17.8 Å². The average Bonchev–Trinajstić information content (AvgIpc) is 2.30. The third kappa shape index (κ3) is 2.86. The Kier molecular flexibility index (Phi) is 3.21. The van der Waals surface area contributed by atoms with Gasteiger partial charge in [0.15, 0.2) is 0 Å². The summed E-state index contributed by atoms with van der Waals surface area (Å²) in [6, 6.07) is 0. The maximum Gasteiger partial charge on any atom is -0.0175 e. The summed E-state index contributed by atoms with van der Waals surface area (Å²) in [6.45, 7) is 13.3. The zero-order chi connectivity index (χ0) is 10.1. The van der Waals surface area contributed by atoms with Gasteiger partial charge in [-0.25, -0.2) is 0 Å². The fraction of sp³-hybridized carbons (Fsp3) is 0.846. The zero-order valence-electron chi connectivity index (χ0n) is 9.64. The van der Waals surface area contributed by atoms with Gasteiger partial charge in [-0.3, -0.25) is 0 Å². The summed E-state index contributed by atoms with van der Waals surface area (Å²) in [7, 11) is 0. The van der Waals surface area contributed by atoms with Crippen LogP contribution in [0.4, 0.5) is 0 Å². The minimum Gasteiger partial charge on any atom is -0.103 e. The van der Waals surface area contributed by atoms with Crippen LogP contribution >= 0.6 is 0 Å². The van der Waals surface area contributed by atoms with E-state index in [1.165, 1.54) is 19.3 Å². The van der Waals surface area contributed by atoms with Crippen molar-refractivity contribution in [2.24, 2.45) is 23.2 Å². The van der Waals surface area contributed by atoms with Crippen LogP contribution < -0.4 is 0 Å². The summed E-state index contributed by atoms with van der Waals surface area (Å²) in [4.78, 5) is 0. The van der Waals surface area contributed by atoms with Gasteiger partial charge in [-0.2, -0.15) is 0 Å². The summed E-state index contributed by atoms with van der Waals surface area (Å²) in [5, 5.41) is 0. The molecule has 0 spiro atoms. The first-order valence-corrected chi connectivity index (χ1v) is 5.58. The summed E-state index contributed by atoms with van der Waals surface area (Å²) in [5.74, 6) is 2.81. The largest absolute Gasteiger partial charge is 0.103 e. The summed E-state index contributed by atoms with van der Waals surface area (Å²) in [6.07, 6.45) is 6.29.